The molecule has 0 spiro atoms. The molecular weight excluding hydrogens is 210 g/mol. The number of nitrogens with two attached hydrogens (primary N) is 1. The molecule has 98 valence electrons. The molecule has 1 atom stereocenters. The van der Waals surface area contributed by atoms with Gasteiger partial charge in [-0.25, -0.2) is 0 Å². The molecule has 4 fully saturated rings. The summed E-state index contributed by atoms with van der Waals surface area (Å²) in [6, 6.07) is 0. The number of hydrogen-bond acceptors (Lipinski definition) is 2. The van der Waals surface area contributed by atoms with Crippen molar-refractivity contribution in [3.63, 3.8) is 0 Å². The molecule has 17 heavy (non-hydrogen) atoms. The van der Waals surface area contributed by atoms with Crippen molar-refractivity contribution >= 4 is 0 Å². The third-order valence-corrected chi connectivity index (χ3v) is 5.41. The van der Waals surface area contributed by atoms with Crippen LogP contribution in [0.25, 0.3) is 0 Å². The van der Waals surface area contributed by atoms with Crippen LogP contribution in [-0.4, -0.2) is 18.8 Å². The summed E-state index contributed by atoms with van der Waals surface area (Å²) in [6.45, 7) is 4.99. The summed E-state index contributed by atoms with van der Waals surface area (Å²) in [5, 5.41) is 0. The van der Waals surface area contributed by atoms with E-state index in [9.17, 15) is 0 Å². The molecule has 4 aliphatic rings. The maximum absolute atomic E-state index is 6.10. The molecule has 2 nitrogen and oxygen atoms in total. The topological polar surface area (TPSA) is 35.2 Å². The Morgan fingerprint density at radius 1 is 1.00 bits per heavy atom. The van der Waals surface area contributed by atoms with Crippen LogP contribution in [0, 0.1) is 29.6 Å². The molecule has 4 rings (SSSR count). The lowest BCUT2D eigenvalue weighted by molar-refractivity contribution is -0.121. The summed E-state index contributed by atoms with van der Waals surface area (Å²) in [5.41, 5.74) is 5.98. The molecule has 4 bridgehead atoms. The minimum atomic E-state index is 0.320. The minimum absolute atomic E-state index is 0.320. The molecular formula is C15H27NO. The lowest BCUT2D eigenvalue weighted by atomic mass is 9.51. The predicted molar refractivity (Wildman–Crippen MR) is 69.6 cm³/mol. The van der Waals surface area contributed by atoms with Crippen molar-refractivity contribution in [1.29, 1.82) is 0 Å². The fourth-order valence-corrected chi connectivity index (χ4v) is 5.23. The van der Waals surface area contributed by atoms with Gasteiger partial charge < -0.3 is 10.5 Å². The first-order valence-electron chi connectivity index (χ1n) is 7.53. The quantitative estimate of drug-likeness (QED) is 0.816. The van der Waals surface area contributed by atoms with Gasteiger partial charge in [0.1, 0.15) is 0 Å². The van der Waals surface area contributed by atoms with Crippen LogP contribution >= 0.6 is 0 Å². The lowest BCUT2D eigenvalue weighted by Gasteiger charge is -2.56. The van der Waals surface area contributed by atoms with E-state index >= 15 is 0 Å². The first-order valence-corrected chi connectivity index (χ1v) is 7.53. The van der Waals surface area contributed by atoms with Gasteiger partial charge in [-0.3, -0.25) is 0 Å². The predicted octanol–water partition coefficient (Wildman–Crippen LogP) is 2.81. The molecule has 2 heteroatoms. The lowest BCUT2D eigenvalue weighted by Crippen LogP contribution is -2.52. The SMILES string of the molecule is CC(C)OC(CN)C1C2CC3CC(C2)CC1C3. The van der Waals surface area contributed by atoms with Gasteiger partial charge in [0.05, 0.1) is 12.2 Å². The summed E-state index contributed by atoms with van der Waals surface area (Å²) in [6.07, 6.45) is 8.04. The first-order chi connectivity index (χ1) is 8.17. The van der Waals surface area contributed by atoms with Crippen molar-refractivity contribution in [1.82, 2.24) is 0 Å². The highest BCUT2D eigenvalue weighted by Crippen LogP contribution is 2.57. The maximum Gasteiger partial charge on any atom is 0.0734 e. The van der Waals surface area contributed by atoms with Crippen LogP contribution in [0.5, 0.6) is 0 Å². The fourth-order valence-electron chi connectivity index (χ4n) is 5.23. The molecule has 0 amide bonds. The van der Waals surface area contributed by atoms with E-state index in [1.165, 1.54) is 32.1 Å². The summed E-state index contributed by atoms with van der Waals surface area (Å²) in [7, 11) is 0. The van der Waals surface area contributed by atoms with Crippen molar-refractivity contribution in [2.24, 2.45) is 35.3 Å². The average Bonchev–Trinajstić information content (AvgIpc) is 2.25. The van der Waals surface area contributed by atoms with Crippen LogP contribution in [0.4, 0.5) is 0 Å². The van der Waals surface area contributed by atoms with Gasteiger partial charge in [0.15, 0.2) is 0 Å². The van der Waals surface area contributed by atoms with Gasteiger partial charge in [-0.15, -0.1) is 0 Å². The van der Waals surface area contributed by atoms with Crippen molar-refractivity contribution in [2.75, 3.05) is 6.54 Å². The standard InChI is InChI=1S/C15H27NO/c1-9(2)17-14(8-16)15-12-4-10-3-11(6-12)7-13(15)5-10/h9-15H,3-8,16H2,1-2H3. The van der Waals surface area contributed by atoms with Crippen LogP contribution in [0.2, 0.25) is 0 Å². The van der Waals surface area contributed by atoms with E-state index in [1.54, 1.807) is 0 Å². The van der Waals surface area contributed by atoms with Crippen molar-refractivity contribution in [2.45, 2.75) is 58.2 Å². The average molecular weight is 237 g/mol. The molecule has 0 aromatic carbocycles. The second-order valence-electron chi connectivity index (χ2n) is 6.97. The fraction of sp³-hybridized carbons (Fsp3) is 1.00. The highest BCUT2D eigenvalue weighted by Gasteiger charge is 2.50. The minimum Gasteiger partial charge on any atom is -0.374 e. The van der Waals surface area contributed by atoms with E-state index < -0.39 is 0 Å². The highest BCUT2D eigenvalue weighted by molar-refractivity contribution is 5.00. The smallest absolute Gasteiger partial charge is 0.0734 e. The van der Waals surface area contributed by atoms with Crippen LogP contribution in [0.15, 0.2) is 0 Å². The first kappa shape index (κ1) is 12.0. The zero-order valence-corrected chi connectivity index (χ0v) is 11.3. The Hall–Kier alpha value is -0.0800. The van der Waals surface area contributed by atoms with Crippen molar-refractivity contribution in [3.8, 4) is 0 Å². The van der Waals surface area contributed by atoms with Gasteiger partial charge in [-0.1, -0.05) is 0 Å². The summed E-state index contributed by atoms with van der Waals surface area (Å²) in [4.78, 5) is 0. The second kappa shape index (κ2) is 4.55. The third kappa shape index (κ3) is 2.15. The van der Waals surface area contributed by atoms with Crippen LogP contribution in [0.3, 0.4) is 0 Å². The van der Waals surface area contributed by atoms with Crippen molar-refractivity contribution in [3.05, 3.63) is 0 Å². The molecule has 1 unspecified atom stereocenters. The third-order valence-electron chi connectivity index (χ3n) is 5.41. The molecule has 0 radical (unpaired) electrons. The summed E-state index contributed by atoms with van der Waals surface area (Å²) in [5.74, 6) is 4.73. The van der Waals surface area contributed by atoms with Crippen LogP contribution < -0.4 is 5.73 Å². The Balaban J connectivity index is 1.74. The zero-order valence-electron chi connectivity index (χ0n) is 11.3. The molecule has 2 N–H and O–H groups in total. The molecule has 0 heterocycles. The van der Waals surface area contributed by atoms with Gasteiger partial charge in [-0.05, 0) is 75.5 Å². The van der Waals surface area contributed by atoms with Crippen molar-refractivity contribution < 1.29 is 4.74 Å². The number of rotatable bonds is 4. The Labute approximate surface area is 105 Å². The molecule has 4 aliphatic carbocycles. The molecule has 4 saturated carbocycles. The number of hydrogen-bond donors (Lipinski definition) is 1. The van der Waals surface area contributed by atoms with Crippen LogP contribution in [0.1, 0.15) is 46.0 Å². The molecule has 0 saturated heterocycles. The van der Waals surface area contributed by atoms with Crippen LogP contribution in [-0.2, 0) is 4.74 Å². The van der Waals surface area contributed by atoms with E-state index in [0.29, 0.717) is 18.8 Å². The van der Waals surface area contributed by atoms with E-state index in [0.717, 1.165) is 29.6 Å². The Morgan fingerprint density at radius 3 is 1.94 bits per heavy atom. The van der Waals surface area contributed by atoms with E-state index in [1.807, 2.05) is 0 Å². The van der Waals surface area contributed by atoms with E-state index in [4.69, 9.17) is 10.5 Å². The normalized spacial score (nSPS) is 45.5. The van der Waals surface area contributed by atoms with E-state index in [2.05, 4.69) is 13.8 Å². The van der Waals surface area contributed by atoms with Gasteiger partial charge in [0.2, 0.25) is 0 Å². The molecule has 0 aromatic rings. The monoisotopic (exact) mass is 237 g/mol. The van der Waals surface area contributed by atoms with E-state index in [-0.39, 0.29) is 0 Å². The maximum atomic E-state index is 6.10. The summed E-state index contributed by atoms with van der Waals surface area (Å²) < 4.78 is 6.10. The second-order valence-corrected chi connectivity index (χ2v) is 6.97. The zero-order chi connectivity index (χ0) is 12.0. The Kier molecular flexibility index (Phi) is 3.20. The number of ether oxygens (including phenoxy) is 1. The molecule has 0 aromatic heterocycles. The Bertz CT molecular complexity index is 248. The molecule has 0 aliphatic heterocycles. The summed E-state index contributed by atoms with van der Waals surface area (Å²) >= 11 is 0. The van der Waals surface area contributed by atoms with Gasteiger partial charge in [-0.2, -0.15) is 0 Å². The van der Waals surface area contributed by atoms with Gasteiger partial charge in [0.25, 0.3) is 0 Å². The largest absolute Gasteiger partial charge is 0.374 e. The highest BCUT2D eigenvalue weighted by atomic mass is 16.5. The van der Waals surface area contributed by atoms with Gasteiger partial charge in [0, 0.05) is 6.54 Å². The van der Waals surface area contributed by atoms with Gasteiger partial charge >= 0.3 is 0 Å². The Morgan fingerprint density at radius 2 is 1.53 bits per heavy atom.